The lowest BCUT2D eigenvalue weighted by atomic mass is 9.86. The summed E-state index contributed by atoms with van der Waals surface area (Å²) >= 11 is 0. The molecule has 0 radical (unpaired) electrons. The van der Waals surface area contributed by atoms with Crippen molar-refractivity contribution in [3.05, 3.63) is 18.0 Å². The molecule has 0 aromatic carbocycles. The van der Waals surface area contributed by atoms with Crippen molar-refractivity contribution < 1.29 is 9.53 Å². The molecule has 1 unspecified atom stereocenters. The highest BCUT2D eigenvalue weighted by Crippen LogP contribution is 2.35. The van der Waals surface area contributed by atoms with E-state index in [1.165, 1.54) is 12.0 Å². The van der Waals surface area contributed by atoms with E-state index in [0.29, 0.717) is 18.5 Å². The second-order valence-electron chi connectivity index (χ2n) is 8.22. The van der Waals surface area contributed by atoms with E-state index in [0.717, 1.165) is 39.0 Å². The molecule has 1 aromatic rings. The highest BCUT2D eigenvalue weighted by atomic mass is 16.5. The van der Waals surface area contributed by atoms with E-state index in [9.17, 15) is 4.79 Å². The van der Waals surface area contributed by atoms with Crippen LogP contribution in [0.15, 0.2) is 12.4 Å². The van der Waals surface area contributed by atoms with Gasteiger partial charge in [0.05, 0.1) is 11.8 Å². The lowest BCUT2D eigenvalue weighted by Crippen LogP contribution is -2.48. The number of ether oxygens (including phenoxy) is 1. The summed E-state index contributed by atoms with van der Waals surface area (Å²) in [6.45, 7) is 5.28. The first-order valence-corrected chi connectivity index (χ1v) is 9.70. The number of hydrogen-bond acceptors (Lipinski definition) is 4. The smallest absolute Gasteiger partial charge is 0.317 e. The summed E-state index contributed by atoms with van der Waals surface area (Å²) in [6.07, 6.45) is 8.42. The van der Waals surface area contributed by atoms with Gasteiger partial charge in [-0.25, -0.2) is 4.79 Å². The van der Waals surface area contributed by atoms with E-state index >= 15 is 0 Å². The summed E-state index contributed by atoms with van der Waals surface area (Å²) in [6, 6.07) is 0.295. The van der Waals surface area contributed by atoms with Crippen molar-refractivity contribution in [2.75, 3.05) is 40.3 Å². The number of nitrogens with one attached hydrogen (secondary N) is 1. The standard InChI is InChI=1S/C19H33N5O2/c1-19(8-6-10-26-19)14-20-18(25)23(3)12-15-7-5-9-22(2)17(15)16-11-21-24(4)13-16/h11,13,15,17H,5-10,12,14H2,1-4H3,(H,20,25)/t15-,17+,19?/m0/s1. The van der Waals surface area contributed by atoms with Crippen LogP contribution in [0.1, 0.15) is 44.2 Å². The number of carbonyl (C=O) groups excluding carboxylic acids is 1. The Morgan fingerprint density at radius 1 is 1.46 bits per heavy atom. The Kier molecular flexibility index (Phi) is 5.87. The first kappa shape index (κ1) is 19.2. The maximum absolute atomic E-state index is 12.6. The Balaban J connectivity index is 1.58. The number of urea groups is 1. The van der Waals surface area contributed by atoms with E-state index in [1.807, 2.05) is 29.9 Å². The minimum Gasteiger partial charge on any atom is -0.373 e. The molecule has 7 nitrogen and oxygen atoms in total. The molecule has 1 N–H and O–H groups in total. The van der Waals surface area contributed by atoms with Gasteiger partial charge in [0.2, 0.25) is 0 Å². The molecule has 3 atom stereocenters. The molecule has 3 heterocycles. The number of likely N-dealkylation sites (tertiary alicyclic amines) is 1. The maximum atomic E-state index is 12.6. The van der Waals surface area contributed by atoms with Crippen LogP contribution in [0.25, 0.3) is 0 Å². The molecule has 7 heteroatoms. The number of aromatic nitrogens is 2. The zero-order valence-corrected chi connectivity index (χ0v) is 16.6. The molecule has 0 spiro atoms. The highest BCUT2D eigenvalue weighted by molar-refractivity contribution is 5.73. The third kappa shape index (κ3) is 4.38. The average Bonchev–Trinajstić information content (AvgIpc) is 3.22. The van der Waals surface area contributed by atoms with Crippen LogP contribution in [0.5, 0.6) is 0 Å². The van der Waals surface area contributed by atoms with E-state index < -0.39 is 0 Å². The molecule has 1 aromatic heterocycles. The van der Waals surface area contributed by atoms with Crippen molar-refractivity contribution in [2.45, 2.75) is 44.2 Å². The van der Waals surface area contributed by atoms with Gasteiger partial charge in [-0.1, -0.05) is 0 Å². The number of nitrogens with zero attached hydrogens (tertiary/aromatic N) is 4. The van der Waals surface area contributed by atoms with Crippen LogP contribution in [0, 0.1) is 5.92 Å². The molecule has 2 aliphatic rings. The summed E-state index contributed by atoms with van der Waals surface area (Å²) < 4.78 is 7.62. The number of aryl methyl sites for hydroxylation is 1. The third-order valence-electron chi connectivity index (χ3n) is 5.84. The minimum atomic E-state index is -0.209. The fourth-order valence-corrected chi connectivity index (χ4v) is 4.38. The van der Waals surface area contributed by atoms with Crippen LogP contribution < -0.4 is 5.32 Å². The Hall–Kier alpha value is -1.60. The first-order chi connectivity index (χ1) is 12.4. The van der Waals surface area contributed by atoms with Gasteiger partial charge in [0.15, 0.2) is 0 Å². The maximum Gasteiger partial charge on any atom is 0.317 e. The van der Waals surface area contributed by atoms with Crippen molar-refractivity contribution in [3.8, 4) is 0 Å². The van der Waals surface area contributed by atoms with Crippen LogP contribution >= 0.6 is 0 Å². The van der Waals surface area contributed by atoms with Gasteiger partial charge in [-0.05, 0) is 52.1 Å². The molecule has 3 rings (SSSR count). The lowest BCUT2D eigenvalue weighted by Gasteiger charge is -2.40. The zero-order chi connectivity index (χ0) is 18.7. The van der Waals surface area contributed by atoms with Crippen LogP contribution in [-0.2, 0) is 11.8 Å². The zero-order valence-electron chi connectivity index (χ0n) is 16.6. The van der Waals surface area contributed by atoms with Gasteiger partial charge >= 0.3 is 6.03 Å². The van der Waals surface area contributed by atoms with Crippen molar-refractivity contribution in [3.63, 3.8) is 0 Å². The molecular weight excluding hydrogens is 330 g/mol. The predicted molar refractivity (Wildman–Crippen MR) is 101 cm³/mol. The summed E-state index contributed by atoms with van der Waals surface area (Å²) in [5, 5.41) is 7.40. The molecule has 2 aliphatic heterocycles. The number of rotatable bonds is 5. The van der Waals surface area contributed by atoms with Crippen LogP contribution in [0.3, 0.4) is 0 Å². The van der Waals surface area contributed by atoms with Crippen LogP contribution in [0.2, 0.25) is 0 Å². The van der Waals surface area contributed by atoms with Gasteiger partial charge in [-0.15, -0.1) is 0 Å². The van der Waals surface area contributed by atoms with Gasteiger partial charge in [-0.3, -0.25) is 9.58 Å². The van der Waals surface area contributed by atoms with Gasteiger partial charge in [-0.2, -0.15) is 5.10 Å². The van der Waals surface area contributed by atoms with E-state index in [-0.39, 0.29) is 11.6 Å². The fraction of sp³-hybridized carbons (Fsp3) is 0.789. The second kappa shape index (κ2) is 7.96. The van der Waals surface area contributed by atoms with Gasteiger partial charge < -0.3 is 15.0 Å². The van der Waals surface area contributed by atoms with Gasteiger partial charge in [0, 0.05) is 51.6 Å². The molecule has 146 valence electrons. The van der Waals surface area contributed by atoms with Crippen LogP contribution in [-0.4, -0.2) is 71.5 Å². The predicted octanol–water partition coefficient (Wildman–Crippen LogP) is 2.01. The third-order valence-corrected chi connectivity index (χ3v) is 5.84. The van der Waals surface area contributed by atoms with Crippen molar-refractivity contribution in [1.29, 1.82) is 0 Å². The summed E-state index contributed by atoms with van der Waals surface area (Å²) in [7, 11) is 6.01. The first-order valence-electron chi connectivity index (χ1n) is 9.70. The average molecular weight is 364 g/mol. The normalized spacial score (nSPS) is 29.7. The molecule has 0 saturated carbocycles. The Morgan fingerprint density at radius 3 is 2.92 bits per heavy atom. The number of hydrogen-bond donors (Lipinski definition) is 1. The quantitative estimate of drug-likeness (QED) is 0.869. The van der Waals surface area contributed by atoms with Gasteiger partial charge in [0.1, 0.15) is 0 Å². The Labute approximate surface area is 156 Å². The topological polar surface area (TPSA) is 62.6 Å². The molecule has 2 amide bonds. The van der Waals surface area contributed by atoms with Crippen molar-refractivity contribution >= 4 is 6.03 Å². The molecular formula is C19H33N5O2. The van der Waals surface area contributed by atoms with E-state index in [4.69, 9.17) is 4.74 Å². The summed E-state index contributed by atoms with van der Waals surface area (Å²) in [5.74, 6) is 0.409. The molecule has 0 aliphatic carbocycles. The number of piperidine rings is 1. The summed E-state index contributed by atoms with van der Waals surface area (Å²) in [5.41, 5.74) is 1.03. The summed E-state index contributed by atoms with van der Waals surface area (Å²) in [4.78, 5) is 16.8. The molecule has 0 bridgehead atoms. The lowest BCUT2D eigenvalue weighted by molar-refractivity contribution is 0.0217. The van der Waals surface area contributed by atoms with E-state index in [2.05, 4.69) is 35.5 Å². The Morgan fingerprint density at radius 2 is 2.27 bits per heavy atom. The van der Waals surface area contributed by atoms with Gasteiger partial charge in [0.25, 0.3) is 0 Å². The monoisotopic (exact) mass is 363 g/mol. The molecule has 2 saturated heterocycles. The SMILES string of the molecule is CN(C[C@@H]1CCCN(C)[C@H]1c1cnn(C)c1)C(=O)NCC1(C)CCCO1. The second-order valence-corrected chi connectivity index (χ2v) is 8.22. The number of carbonyl (C=O) groups is 1. The molecule has 2 fully saturated rings. The largest absolute Gasteiger partial charge is 0.373 e. The van der Waals surface area contributed by atoms with E-state index in [1.54, 1.807) is 0 Å². The van der Waals surface area contributed by atoms with Crippen LogP contribution in [0.4, 0.5) is 4.79 Å². The van der Waals surface area contributed by atoms with Crippen molar-refractivity contribution in [2.24, 2.45) is 13.0 Å². The minimum absolute atomic E-state index is 0.0140. The van der Waals surface area contributed by atoms with Crippen molar-refractivity contribution in [1.82, 2.24) is 24.9 Å². The molecule has 26 heavy (non-hydrogen) atoms. The fourth-order valence-electron chi connectivity index (χ4n) is 4.38. The Bertz CT molecular complexity index is 611. The number of amides is 2. The highest BCUT2D eigenvalue weighted by Gasteiger charge is 2.34.